The second-order valence-corrected chi connectivity index (χ2v) is 6.79. The first-order valence-electron chi connectivity index (χ1n) is 6.38. The molecule has 2 atom stereocenters. The number of hydrogen-bond donors (Lipinski definition) is 2. The topological polar surface area (TPSA) is 41.1 Å². The Morgan fingerprint density at radius 2 is 2.42 bits per heavy atom. The average molecular weight is 368 g/mol. The highest BCUT2D eigenvalue weighted by atomic mass is 79.9. The third kappa shape index (κ3) is 5.42. The van der Waals surface area contributed by atoms with Crippen LogP contribution < -0.4 is 10.6 Å². The summed E-state index contributed by atoms with van der Waals surface area (Å²) in [5, 5.41) is 8.52. The van der Waals surface area contributed by atoms with Gasteiger partial charge >= 0.3 is 0 Å². The van der Waals surface area contributed by atoms with E-state index in [4.69, 9.17) is 0 Å². The Hall–Kier alpha value is -0.100. The first-order valence-corrected chi connectivity index (χ1v) is 8.05. The number of thiophene rings is 1. The van der Waals surface area contributed by atoms with E-state index in [1.807, 2.05) is 0 Å². The van der Waals surface area contributed by atoms with Gasteiger partial charge in [0.1, 0.15) is 0 Å². The summed E-state index contributed by atoms with van der Waals surface area (Å²) in [6, 6.07) is 2.38. The Morgan fingerprint density at radius 1 is 1.63 bits per heavy atom. The molecule has 1 amide bonds. The standard InChI is InChI=1S/C13H19BrN2OS.ClH/c1-9-4-5-15-7-12(9)16-13(17)3-2-11-6-10(14)8-18-11;/h6,8-9,12,15H,2-5,7H2,1H3,(H,16,17);1H. The van der Waals surface area contributed by atoms with Crippen LogP contribution in [0, 0.1) is 5.92 Å². The molecule has 0 radical (unpaired) electrons. The largest absolute Gasteiger partial charge is 0.352 e. The molecule has 2 N–H and O–H groups in total. The molecule has 6 heteroatoms. The van der Waals surface area contributed by atoms with Crippen LogP contribution in [-0.2, 0) is 11.2 Å². The molecule has 1 aromatic heterocycles. The quantitative estimate of drug-likeness (QED) is 0.859. The molecule has 108 valence electrons. The van der Waals surface area contributed by atoms with Crippen molar-refractivity contribution in [1.82, 2.24) is 10.6 Å². The third-order valence-electron chi connectivity index (χ3n) is 3.39. The van der Waals surface area contributed by atoms with Crippen LogP contribution in [0.15, 0.2) is 15.9 Å². The third-order valence-corrected chi connectivity index (χ3v) is 5.15. The maximum absolute atomic E-state index is 11.9. The van der Waals surface area contributed by atoms with E-state index in [2.05, 4.69) is 44.9 Å². The zero-order valence-corrected chi connectivity index (χ0v) is 14.2. The maximum Gasteiger partial charge on any atom is 0.220 e. The van der Waals surface area contributed by atoms with Gasteiger partial charge in [-0.1, -0.05) is 6.92 Å². The Kier molecular flexibility index (Phi) is 7.36. The predicted molar refractivity (Wildman–Crippen MR) is 86.2 cm³/mol. The summed E-state index contributed by atoms with van der Waals surface area (Å²) in [5.74, 6) is 0.742. The van der Waals surface area contributed by atoms with Crippen molar-refractivity contribution >= 4 is 45.6 Å². The lowest BCUT2D eigenvalue weighted by atomic mass is 9.94. The van der Waals surface area contributed by atoms with Gasteiger partial charge in [-0.25, -0.2) is 0 Å². The second kappa shape index (κ2) is 8.25. The van der Waals surface area contributed by atoms with Gasteiger partial charge in [0.15, 0.2) is 0 Å². The van der Waals surface area contributed by atoms with Gasteiger partial charge in [-0.05, 0) is 47.3 Å². The normalized spacial score (nSPS) is 22.6. The van der Waals surface area contributed by atoms with Crippen molar-refractivity contribution < 1.29 is 4.79 Å². The number of piperidine rings is 1. The van der Waals surface area contributed by atoms with E-state index >= 15 is 0 Å². The van der Waals surface area contributed by atoms with E-state index < -0.39 is 0 Å². The van der Waals surface area contributed by atoms with Crippen LogP contribution in [-0.4, -0.2) is 25.0 Å². The van der Waals surface area contributed by atoms with Crippen molar-refractivity contribution in [2.45, 2.75) is 32.2 Å². The minimum atomic E-state index is 0. The molecule has 1 fully saturated rings. The van der Waals surface area contributed by atoms with Crippen molar-refractivity contribution in [3.05, 3.63) is 20.8 Å². The fraction of sp³-hybridized carbons (Fsp3) is 0.615. The first kappa shape index (κ1) is 17.0. The smallest absolute Gasteiger partial charge is 0.220 e. The van der Waals surface area contributed by atoms with Crippen molar-refractivity contribution in [2.24, 2.45) is 5.92 Å². The van der Waals surface area contributed by atoms with Crippen molar-refractivity contribution in [2.75, 3.05) is 13.1 Å². The van der Waals surface area contributed by atoms with E-state index in [-0.39, 0.29) is 18.3 Å². The fourth-order valence-electron chi connectivity index (χ4n) is 2.18. The molecule has 1 aromatic rings. The molecular formula is C13H20BrClN2OS. The molecule has 2 unspecified atom stereocenters. The average Bonchev–Trinajstić information content (AvgIpc) is 2.76. The number of aryl methyl sites for hydroxylation is 1. The van der Waals surface area contributed by atoms with Gasteiger partial charge in [-0.15, -0.1) is 23.7 Å². The second-order valence-electron chi connectivity index (χ2n) is 4.88. The lowest BCUT2D eigenvalue weighted by Crippen LogP contribution is -2.50. The molecule has 1 aliphatic heterocycles. The van der Waals surface area contributed by atoms with E-state index in [1.165, 1.54) is 4.88 Å². The Morgan fingerprint density at radius 3 is 3.05 bits per heavy atom. The summed E-state index contributed by atoms with van der Waals surface area (Å²) >= 11 is 5.13. The van der Waals surface area contributed by atoms with Crippen LogP contribution >= 0.6 is 39.7 Å². The highest BCUT2D eigenvalue weighted by Gasteiger charge is 2.22. The van der Waals surface area contributed by atoms with Gasteiger partial charge in [0, 0.05) is 33.7 Å². The molecule has 2 heterocycles. The Labute approximate surface area is 133 Å². The van der Waals surface area contributed by atoms with Crippen LogP contribution in [0.1, 0.15) is 24.6 Å². The van der Waals surface area contributed by atoms with E-state index in [1.54, 1.807) is 11.3 Å². The first-order chi connectivity index (χ1) is 8.65. The van der Waals surface area contributed by atoms with Gasteiger partial charge in [-0.3, -0.25) is 4.79 Å². The highest BCUT2D eigenvalue weighted by molar-refractivity contribution is 9.10. The number of halogens is 2. The van der Waals surface area contributed by atoms with Crippen LogP contribution in [0.4, 0.5) is 0 Å². The molecule has 2 rings (SSSR count). The molecule has 0 aromatic carbocycles. The van der Waals surface area contributed by atoms with Crippen LogP contribution in [0.25, 0.3) is 0 Å². The monoisotopic (exact) mass is 366 g/mol. The number of nitrogens with one attached hydrogen (secondary N) is 2. The maximum atomic E-state index is 11.9. The molecule has 0 bridgehead atoms. The Balaban J connectivity index is 0.00000180. The number of rotatable bonds is 4. The number of amides is 1. The van der Waals surface area contributed by atoms with Crippen molar-refractivity contribution in [3.8, 4) is 0 Å². The molecular weight excluding hydrogens is 348 g/mol. The lowest BCUT2D eigenvalue weighted by molar-refractivity contribution is -0.122. The van der Waals surface area contributed by atoms with Gasteiger partial charge < -0.3 is 10.6 Å². The van der Waals surface area contributed by atoms with Gasteiger partial charge in [-0.2, -0.15) is 0 Å². The van der Waals surface area contributed by atoms with E-state index in [0.29, 0.717) is 18.4 Å². The summed E-state index contributed by atoms with van der Waals surface area (Å²) in [6.45, 7) is 4.18. The molecule has 0 spiro atoms. The Bertz CT molecular complexity index is 413. The zero-order chi connectivity index (χ0) is 13.0. The minimum absolute atomic E-state index is 0. The lowest BCUT2D eigenvalue weighted by Gasteiger charge is -2.30. The van der Waals surface area contributed by atoms with Gasteiger partial charge in [0.25, 0.3) is 0 Å². The summed E-state index contributed by atoms with van der Waals surface area (Å²) in [4.78, 5) is 13.1. The van der Waals surface area contributed by atoms with Gasteiger partial charge in [0.05, 0.1) is 0 Å². The molecule has 3 nitrogen and oxygen atoms in total. The number of hydrogen-bond acceptors (Lipinski definition) is 3. The van der Waals surface area contributed by atoms with Crippen molar-refractivity contribution in [3.63, 3.8) is 0 Å². The van der Waals surface area contributed by atoms with Crippen LogP contribution in [0.5, 0.6) is 0 Å². The number of carbonyl (C=O) groups excluding carboxylic acids is 1. The number of carbonyl (C=O) groups is 1. The predicted octanol–water partition coefficient (Wildman–Crippen LogP) is 2.98. The van der Waals surface area contributed by atoms with Gasteiger partial charge in [0.2, 0.25) is 5.91 Å². The van der Waals surface area contributed by atoms with Crippen LogP contribution in [0.3, 0.4) is 0 Å². The summed E-state index contributed by atoms with van der Waals surface area (Å²) in [7, 11) is 0. The molecule has 1 saturated heterocycles. The summed E-state index contributed by atoms with van der Waals surface area (Å²) in [6.07, 6.45) is 2.55. The van der Waals surface area contributed by atoms with Crippen molar-refractivity contribution in [1.29, 1.82) is 0 Å². The molecule has 19 heavy (non-hydrogen) atoms. The highest BCUT2D eigenvalue weighted by Crippen LogP contribution is 2.21. The summed E-state index contributed by atoms with van der Waals surface area (Å²) < 4.78 is 1.10. The fourth-order valence-corrected chi connectivity index (χ4v) is 3.64. The molecule has 0 saturated carbocycles. The van der Waals surface area contributed by atoms with Crippen LogP contribution in [0.2, 0.25) is 0 Å². The molecule has 1 aliphatic rings. The molecule has 0 aliphatic carbocycles. The van der Waals surface area contributed by atoms with E-state index in [0.717, 1.165) is 30.4 Å². The summed E-state index contributed by atoms with van der Waals surface area (Å²) in [5.41, 5.74) is 0. The van der Waals surface area contributed by atoms with E-state index in [9.17, 15) is 4.79 Å². The SMILES string of the molecule is CC1CCNCC1NC(=O)CCc1cc(Br)cs1.Cl. The minimum Gasteiger partial charge on any atom is -0.352 e. The zero-order valence-electron chi connectivity index (χ0n) is 10.9.